The predicted octanol–water partition coefficient (Wildman–Crippen LogP) is 5.12. The van der Waals surface area contributed by atoms with Gasteiger partial charge in [-0.2, -0.15) is 15.2 Å². The Morgan fingerprint density at radius 1 is 0.381 bits per heavy atom. The minimum Gasteiger partial charge on any atom is -0.429 e. The second-order valence-electron chi connectivity index (χ2n) is 27.5. The molecule has 2 atom stereocenters. The summed E-state index contributed by atoms with van der Waals surface area (Å²) >= 11 is 0. The van der Waals surface area contributed by atoms with Crippen LogP contribution >= 0.6 is 0 Å². The lowest BCUT2D eigenvalue weighted by molar-refractivity contribution is -0.259. The number of hydrogen-bond donors (Lipinski definition) is 4. The molecule has 8 fully saturated rings. The molecule has 84 heavy (non-hydrogen) atoms. The molecule has 2 unspecified atom stereocenters. The fourth-order valence-electron chi connectivity index (χ4n) is 12.5. The summed E-state index contributed by atoms with van der Waals surface area (Å²) in [5.74, 6) is -6.44. The molecule has 29 heteroatoms. The molecule has 0 radical (unpaired) electrons. The predicted molar refractivity (Wildman–Crippen MR) is 283 cm³/mol. The van der Waals surface area contributed by atoms with Crippen LogP contribution < -0.4 is 0 Å². The van der Waals surface area contributed by atoms with E-state index in [4.69, 9.17) is 24.0 Å². The molecule has 8 amide bonds. The molecule has 0 aromatic heterocycles. The molecule has 472 valence electrons. The number of aliphatic hydroxyl groups is 1. The summed E-state index contributed by atoms with van der Waals surface area (Å²) in [5.41, 5.74) is -4.78. The van der Waals surface area contributed by atoms with Crippen LogP contribution in [0.3, 0.4) is 0 Å². The van der Waals surface area contributed by atoms with E-state index in [2.05, 4.69) is 4.84 Å². The van der Waals surface area contributed by atoms with Gasteiger partial charge >= 0.3 is 24.2 Å². The lowest BCUT2D eigenvalue weighted by Crippen LogP contribution is -2.60. The SMILES string of the molecule is CC1(C)CC(C(=O)ON2C(=O)CCC2=O)C(C)(C)N1O.CC1(C)CC(C(=O)ON2C(=O)CCC2=O)CC(C)(C)C1O.CC1(C)CC(OC(=O)ON2C(=O)CCC2=O)C(C)(C)N1O.CC1(C)CC(OC(=O)ON2C(=O)CCC2=O)CC(C)(C)N1O. The molecule has 0 aromatic rings. The van der Waals surface area contributed by atoms with Crippen molar-refractivity contribution in [2.24, 2.45) is 22.7 Å². The maximum Gasteiger partial charge on any atom is 0.534 e. The minimum absolute atomic E-state index is 0.0263. The Morgan fingerprint density at radius 2 is 0.679 bits per heavy atom. The van der Waals surface area contributed by atoms with Crippen molar-refractivity contribution >= 4 is 71.5 Å². The highest BCUT2D eigenvalue weighted by atomic mass is 16.8. The Bertz CT molecular complexity index is 2550. The molecule has 0 spiro atoms. The molecular formula is C55H85N7O22. The number of carbonyl (C=O) groups excluding carboxylic acids is 12. The molecule has 7 aliphatic heterocycles. The van der Waals surface area contributed by atoms with Crippen molar-refractivity contribution in [2.75, 3.05) is 0 Å². The largest absolute Gasteiger partial charge is 0.534 e. The zero-order valence-electron chi connectivity index (χ0n) is 51.1. The molecular weight excluding hydrogens is 1110 g/mol. The molecule has 29 nitrogen and oxygen atoms in total. The van der Waals surface area contributed by atoms with Crippen molar-refractivity contribution in [1.29, 1.82) is 0 Å². The summed E-state index contributed by atoms with van der Waals surface area (Å²) in [6.45, 7) is 29.1. The standard InChI is InChI=1S/C15H23NO5.C14H22N2O6.C13H20N2O6.C13H20N2O5/c1-14(2)7-9(8-15(3,4)13(14)20)12(19)21-16-10(17)5-6-11(16)18;1-13(2)7-9(8-14(3,4)16(13)20)21-12(19)22-15-10(17)5-6-11(15)18;1-12(2)7-8(13(3,4)15(12)19)20-11(18)21-14-9(16)5-6-10(14)17;1-12(2)7-8(13(3,4)15(12)19)11(18)20-14-9(16)5-6-10(14)17/h9,13,20H,5-8H2,1-4H3;9,20H,5-8H2,1-4H3;8,19H,5-7H2,1-4H3;8,19H,5-7H2,1-4H3. The molecule has 7 heterocycles. The van der Waals surface area contributed by atoms with Gasteiger partial charge in [0.25, 0.3) is 47.3 Å². The number of piperidine rings is 1. The van der Waals surface area contributed by atoms with Crippen molar-refractivity contribution < 1.29 is 107 Å². The maximum absolute atomic E-state index is 12.3. The Hall–Kier alpha value is -6.24. The van der Waals surface area contributed by atoms with Crippen molar-refractivity contribution in [1.82, 2.24) is 35.4 Å². The van der Waals surface area contributed by atoms with Gasteiger partial charge in [0.15, 0.2) is 0 Å². The number of hydroxylamine groups is 14. The molecule has 7 saturated heterocycles. The first-order valence-electron chi connectivity index (χ1n) is 28.0. The fraction of sp³-hybridized carbons (Fsp3) is 0.782. The van der Waals surface area contributed by atoms with E-state index in [0.717, 1.165) is 10.1 Å². The van der Waals surface area contributed by atoms with E-state index in [0.29, 0.717) is 58.8 Å². The van der Waals surface area contributed by atoms with Crippen LogP contribution in [0.25, 0.3) is 0 Å². The second-order valence-corrected chi connectivity index (χ2v) is 27.5. The second kappa shape index (κ2) is 24.6. The fourth-order valence-corrected chi connectivity index (χ4v) is 12.5. The third kappa shape index (κ3) is 15.0. The molecule has 0 bridgehead atoms. The normalized spacial score (nSPS) is 28.4. The Labute approximate surface area is 487 Å². The van der Waals surface area contributed by atoms with Crippen molar-refractivity contribution in [3.8, 4) is 0 Å². The van der Waals surface area contributed by atoms with E-state index in [-0.39, 0.29) is 51.4 Å². The zero-order chi connectivity index (χ0) is 64.0. The number of nitrogens with zero attached hydrogens (tertiary/aromatic N) is 7. The molecule has 0 aromatic carbocycles. The molecule has 8 aliphatic rings. The van der Waals surface area contributed by atoms with Crippen molar-refractivity contribution in [2.45, 2.75) is 252 Å². The summed E-state index contributed by atoms with van der Waals surface area (Å²) in [4.78, 5) is 159. The number of ether oxygens (including phenoxy) is 2. The van der Waals surface area contributed by atoms with Crippen LogP contribution in [0, 0.1) is 22.7 Å². The van der Waals surface area contributed by atoms with Crippen LogP contribution in [0.4, 0.5) is 9.59 Å². The smallest absolute Gasteiger partial charge is 0.429 e. The first-order valence-corrected chi connectivity index (χ1v) is 28.0. The van der Waals surface area contributed by atoms with Crippen LogP contribution in [0.5, 0.6) is 0 Å². The summed E-state index contributed by atoms with van der Waals surface area (Å²) in [6, 6.07) is 0. The van der Waals surface area contributed by atoms with Crippen LogP contribution in [-0.2, 0) is 76.8 Å². The number of hydrogen-bond acceptors (Lipinski definition) is 25. The summed E-state index contributed by atoms with van der Waals surface area (Å²) in [5, 5.41) is 46.4. The lowest BCUT2D eigenvalue weighted by Gasteiger charge is -2.50. The van der Waals surface area contributed by atoms with Gasteiger partial charge in [-0.1, -0.05) is 37.8 Å². The first-order chi connectivity index (χ1) is 38.2. The van der Waals surface area contributed by atoms with Gasteiger partial charge in [0.2, 0.25) is 0 Å². The van der Waals surface area contributed by atoms with Gasteiger partial charge in [-0.3, -0.25) is 48.0 Å². The highest BCUT2D eigenvalue weighted by Gasteiger charge is 2.57. The number of carbonyl (C=O) groups is 12. The van der Waals surface area contributed by atoms with E-state index in [9.17, 15) is 78.3 Å². The van der Waals surface area contributed by atoms with Gasteiger partial charge in [0, 0.05) is 92.8 Å². The Morgan fingerprint density at radius 3 is 1.00 bits per heavy atom. The Kier molecular flexibility index (Phi) is 20.1. The quantitative estimate of drug-likeness (QED) is 0.181. The van der Waals surface area contributed by atoms with Crippen LogP contribution in [0.1, 0.15) is 201 Å². The summed E-state index contributed by atoms with van der Waals surface area (Å²) in [6.07, 6.45) is -0.869. The number of rotatable bonds is 8. The molecule has 4 N–H and O–H groups in total. The third-order valence-electron chi connectivity index (χ3n) is 16.7. The van der Waals surface area contributed by atoms with Gasteiger partial charge in [0.05, 0.1) is 29.0 Å². The Balaban J connectivity index is 0.000000205. The maximum atomic E-state index is 12.3. The summed E-state index contributed by atoms with van der Waals surface area (Å²) in [7, 11) is 0. The molecule has 1 aliphatic carbocycles. The van der Waals surface area contributed by atoms with Crippen LogP contribution in [0.15, 0.2) is 0 Å². The number of amides is 8. The molecule has 1 saturated carbocycles. The van der Waals surface area contributed by atoms with Gasteiger partial charge in [0.1, 0.15) is 12.2 Å². The lowest BCUT2D eigenvalue weighted by atomic mass is 9.59. The zero-order valence-corrected chi connectivity index (χ0v) is 51.1. The van der Waals surface area contributed by atoms with Crippen LogP contribution in [0.2, 0.25) is 0 Å². The van der Waals surface area contributed by atoms with Gasteiger partial charge in [-0.05, 0) is 113 Å². The third-order valence-corrected chi connectivity index (χ3v) is 16.7. The molecule has 8 rings (SSSR count). The van der Waals surface area contributed by atoms with Gasteiger partial charge in [-0.25, -0.2) is 19.2 Å². The van der Waals surface area contributed by atoms with Crippen molar-refractivity contribution in [3.63, 3.8) is 0 Å². The monoisotopic (exact) mass is 1200 g/mol. The minimum atomic E-state index is -1.12. The number of aliphatic hydroxyl groups excluding tert-OH is 1. The van der Waals surface area contributed by atoms with Crippen molar-refractivity contribution in [3.05, 3.63) is 0 Å². The van der Waals surface area contributed by atoms with E-state index >= 15 is 0 Å². The van der Waals surface area contributed by atoms with Gasteiger partial charge < -0.3 is 39.9 Å². The first kappa shape index (κ1) is 68.5. The topological polar surface area (TPSA) is 364 Å². The highest BCUT2D eigenvalue weighted by Crippen LogP contribution is 2.49. The number of imide groups is 4. The van der Waals surface area contributed by atoms with Gasteiger partial charge in [-0.15, -0.1) is 10.1 Å². The van der Waals surface area contributed by atoms with Crippen LogP contribution in [-0.4, -0.2) is 179 Å². The highest BCUT2D eigenvalue weighted by molar-refractivity contribution is 6.03. The summed E-state index contributed by atoms with van der Waals surface area (Å²) < 4.78 is 10.4. The van der Waals surface area contributed by atoms with E-state index in [1.165, 1.54) is 5.06 Å². The van der Waals surface area contributed by atoms with E-state index in [1.807, 2.05) is 83.1 Å². The van der Waals surface area contributed by atoms with E-state index in [1.54, 1.807) is 27.7 Å². The average molecular weight is 1200 g/mol. The average Bonchev–Trinajstić information content (AvgIpc) is 2.78. The van der Waals surface area contributed by atoms with E-state index < -0.39 is 146 Å².